The van der Waals surface area contributed by atoms with Gasteiger partial charge in [0.15, 0.2) is 5.13 Å². The number of aromatic nitrogens is 1. The largest absolute Gasteiger partial charge is 0.368 e. The molecule has 0 bridgehead atoms. The number of thiazole rings is 1. The van der Waals surface area contributed by atoms with Gasteiger partial charge in [0.25, 0.3) is 15.9 Å². The van der Waals surface area contributed by atoms with Crippen molar-refractivity contribution in [1.82, 2.24) is 9.88 Å². The molecule has 1 aromatic heterocycles. The van der Waals surface area contributed by atoms with Crippen LogP contribution in [-0.2, 0) is 10.0 Å². The Balaban J connectivity index is 1.43. The van der Waals surface area contributed by atoms with Crippen LogP contribution in [0, 0.1) is 12.7 Å². The number of amides is 1. The molecule has 0 radical (unpaired) electrons. The van der Waals surface area contributed by atoms with Crippen molar-refractivity contribution >= 4 is 38.1 Å². The fraction of sp³-hybridized carbons (Fsp3) is 0.238. The highest BCUT2D eigenvalue weighted by atomic mass is 32.2. The lowest BCUT2D eigenvalue weighted by Crippen LogP contribution is -2.48. The van der Waals surface area contributed by atoms with E-state index in [9.17, 15) is 17.6 Å². The van der Waals surface area contributed by atoms with Gasteiger partial charge in [-0.15, -0.1) is 0 Å². The number of rotatable bonds is 5. The molecule has 1 aliphatic rings. The first kappa shape index (κ1) is 21.3. The molecule has 1 amide bonds. The van der Waals surface area contributed by atoms with Crippen LogP contribution in [0.4, 0.5) is 15.2 Å². The maximum Gasteiger partial charge on any atom is 0.266 e. The van der Waals surface area contributed by atoms with Crippen LogP contribution < -0.4 is 9.62 Å². The molecule has 0 unspecified atom stereocenters. The molecule has 0 aliphatic carbocycles. The summed E-state index contributed by atoms with van der Waals surface area (Å²) in [5.74, 6) is -0.448. The van der Waals surface area contributed by atoms with Gasteiger partial charge in [0, 0.05) is 31.9 Å². The minimum absolute atomic E-state index is 0.132. The van der Waals surface area contributed by atoms with E-state index >= 15 is 0 Å². The summed E-state index contributed by atoms with van der Waals surface area (Å²) in [6, 6.07) is 14.3. The molecule has 1 N–H and O–H groups in total. The Morgan fingerprint density at radius 3 is 2.32 bits per heavy atom. The Labute approximate surface area is 184 Å². The zero-order chi connectivity index (χ0) is 22.0. The Bertz CT molecular complexity index is 1170. The number of hydrogen-bond acceptors (Lipinski definition) is 6. The second kappa shape index (κ2) is 8.64. The van der Waals surface area contributed by atoms with E-state index in [0.717, 1.165) is 17.0 Å². The average Bonchev–Trinajstić information content (AvgIpc) is 3.13. The standard InChI is InChI=1S/C21H21FN4O3S2/c1-15-19(30-21(23-15)24-31(28,29)18-5-3-2-4-6-18)20(27)26-13-11-25(12-14-26)17-9-7-16(22)8-10-17/h2-10H,11-14H2,1H3,(H,23,24). The third-order valence-electron chi connectivity index (χ3n) is 5.02. The first-order chi connectivity index (χ1) is 14.8. The number of piperazine rings is 1. The van der Waals surface area contributed by atoms with Crippen LogP contribution in [0.3, 0.4) is 0 Å². The number of halogens is 1. The molecule has 0 spiro atoms. The third-order valence-corrected chi connectivity index (χ3v) is 7.57. The fourth-order valence-electron chi connectivity index (χ4n) is 3.38. The maximum atomic E-state index is 13.1. The van der Waals surface area contributed by atoms with Crippen molar-refractivity contribution in [3.63, 3.8) is 0 Å². The number of carbonyl (C=O) groups excluding carboxylic acids is 1. The highest BCUT2D eigenvalue weighted by Gasteiger charge is 2.26. The van der Waals surface area contributed by atoms with Crippen LogP contribution in [0.2, 0.25) is 0 Å². The highest BCUT2D eigenvalue weighted by Crippen LogP contribution is 2.27. The van der Waals surface area contributed by atoms with Crippen LogP contribution in [-0.4, -0.2) is 50.4 Å². The van der Waals surface area contributed by atoms with E-state index in [2.05, 4.69) is 14.6 Å². The Morgan fingerprint density at radius 2 is 1.68 bits per heavy atom. The summed E-state index contributed by atoms with van der Waals surface area (Å²) in [6.07, 6.45) is 0. The summed E-state index contributed by atoms with van der Waals surface area (Å²) >= 11 is 1.03. The maximum absolute atomic E-state index is 13.1. The predicted molar refractivity (Wildman–Crippen MR) is 119 cm³/mol. The third kappa shape index (κ3) is 4.70. The molecular formula is C21H21FN4O3S2. The Hall–Kier alpha value is -2.98. The number of sulfonamides is 1. The van der Waals surface area contributed by atoms with E-state index in [0.29, 0.717) is 36.8 Å². The second-order valence-electron chi connectivity index (χ2n) is 7.11. The average molecular weight is 461 g/mol. The van der Waals surface area contributed by atoms with E-state index in [1.54, 1.807) is 42.2 Å². The Kier molecular flexibility index (Phi) is 5.92. The lowest BCUT2D eigenvalue weighted by molar-refractivity contribution is 0.0750. The van der Waals surface area contributed by atoms with Crippen LogP contribution in [0.15, 0.2) is 59.5 Å². The van der Waals surface area contributed by atoms with Crippen molar-refractivity contribution in [2.75, 3.05) is 35.8 Å². The molecular weight excluding hydrogens is 439 g/mol. The molecule has 0 atom stereocenters. The summed E-state index contributed by atoms with van der Waals surface area (Å²) in [6.45, 7) is 3.97. The molecule has 1 fully saturated rings. The Morgan fingerprint density at radius 1 is 1.03 bits per heavy atom. The first-order valence-electron chi connectivity index (χ1n) is 9.68. The number of nitrogens with zero attached hydrogens (tertiary/aromatic N) is 3. The SMILES string of the molecule is Cc1nc(NS(=O)(=O)c2ccccc2)sc1C(=O)N1CCN(c2ccc(F)cc2)CC1. The molecule has 3 aromatic rings. The van der Waals surface area contributed by atoms with Gasteiger partial charge >= 0.3 is 0 Å². The predicted octanol–water partition coefficient (Wildman–Crippen LogP) is 3.35. The molecule has 2 heterocycles. The number of nitrogens with one attached hydrogen (secondary N) is 1. The van der Waals surface area contributed by atoms with Gasteiger partial charge in [-0.25, -0.2) is 17.8 Å². The van der Waals surface area contributed by atoms with E-state index in [1.165, 1.54) is 24.3 Å². The summed E-state index contributed by atoms with van der Waals surface area (Å²) in [5.41, 5.74) is 1.40. The normalized spacial score (nSPS) is 14.5. The zero-order valence-electron chi connectivity index (χ0n) is 16.8. The highest BCUT2D eigenvalue weighted by molar-refractivity contribution is 7.93. The van der Waals surface area contributed by atoms with Crippen molar-refractivity contribution in [1.29, 1.82) is 0 Å². The van der Waals surface area contributed by atoms with Gasteiger partial charge in [0.05, 0.1) is 10.6 Å². The lowest BCUT2D eigenvalue weighted by atomic mass is 10.2. The topological polar surface area (TPSA) is 82.6 Å². The zero-order valence-corrected chi connectivity index (χ0v) is 18.4. The monoisotopic (exact) mass is 460 g/mol. The number of benzene rings is 2. The summed E-state index contributed by atoms with van der Waals surface area (Å²) in [5, 5.41) is 0.162. The van der Waals surface area contributed by atoms with E-state index in [-0.39, 0.29) is 21.8 Å². The van der Waals surface area contributed by atoms with E-state index in [4.69, 9.17) is 0 Å². The molecule has 162 valence electrons. The number of carbonyl (C=O) groups is 1. The van der Waals surface area contributed by atoms with Crippen molar-refractivity contribution in [2.45, 2.75) is 11.8 Å². The van der Waals surface area contributed by atoms with E-state index in [1.807, 2.05) is 0 Å². The summed E-state index contributed by atoms with van der Waals surface area (Å²) in [7, 11) is -3.77. The van der Waals surface area contributed by atoms with Crippen LogP contribution in [0.1, 0.15) is 15.4 Å². The van der Waals surface area contributed by atoms with Gasteiger partial charge in [0.1, 0.15) is 10.7 Å². The molecule has 1 aliphatic heterocycles. The summed E-state index contributed by atoms with van der Waals surface area (Å²) < 4.78 is 40.6. The molecule has 7 nitrogen and oxygen atoms in total. The number of anilines is 2. The van der Waals surface area contributed by atoms with Crippen molar-refractivity contribution < 1.29 is 17.6 Å². The molecule has 0 saturated carbocycles. The smallest absolute Gasteiger partial charge is 0.266 e. The molecule has 10 heteroatoms. The van der Waals surface area contributed by atoms with Gasteiger partial charge in [-0.05, 0) is 43.3 Å². The van der Waals surface area contributed by atoms with Gasteiger partial charge in [-0.3, -0.25) is 9.52 Å². The van der Waals surface area contributed by atoms with Crippen LogP contribution in [0.5, 0.6) is 0 Å². The van der Waals surface area contributed by atoms with Crippen molar-refractivity contribution in [3.05, 3.63) is 71.0 Å². The van der Waals surface area contributed by atoms with Crippen LogP contribution in [0.25, 0.3) is 0 Å². The van der Waals surface area contributed by atoms with Gasteiger partial charge in [-0.1, -0.05) is 29.5 Å². The minimum atomic E-state index is -3.77. The molecule has 31 heavy (non-hydrogen) atoms. The second-order valence-corrected chi connectivity index (χ2v) is 9.79. The van der Waals surface area contributed by atoms with Crippen molar-refractivity contribution in [2.24, 2.45) is 0 Å². The lowest BCUT2D eigenvalue weighted by Gasteiger charge is -2.36. The molecule has 2 aromatic carbocycles. The number of aryl methyl sites for hydroxylation is 1. The molecule has 4 rings (SSSR count). The quantitative estimate of drug-likeness (QED) is 0.631. The van der Waals surface area contributed by atoms with Crippen LogP contribution >= 0.6 is 11.3 Å². The van der Waals surface area contributed by atoms with E-state index < -0.39 is 10.0 Å². The fourth-order valence-corrected chi connectivity index (χ4v) is 5.57. The minimum Gasteiger partial charge on any atom is -0.368 e. The van der Waals surface area contributed by atoms with Gasteiger partial charge in [-0.2, -0.15) is 0 Å². The number of hydrogen-bond donors (Lipinski definition) is 1. The summed E-state index contributed by atoms with van der Waals surface area (Å²) in [4.78, 5) is 21.6. The van der Waals surface area contributed by atoms with Gasteiger partial charge < -0.3 is 9.80 Å². The first-order valence-corrected chi connectivity index (χ1v) is 12.0. The molecule has 1 saturated heterocycles. The van der Waals surface area contributed by atoms with Crippen molar-refractivity contribution in [3.8, 4) is 0 Å². The van der Waals surface area contributed by atoms with Gasteiger partial charge in [0.2, 0.25) is 0 Å².